The summed E-state index contributed by atoms with van der Waals surface area (Å²) in [6.45, 7) is 3.37. The first-order valence-corrected chi connectivity index (χ1v) is 9.46. The highest BCUT2D eigenvalue weighted by Gasteiger charge is 2.32. The maximum absolute atomic E-state index is 11.7. The summed E-state index contributed by atoms with van der Waals surface area (Å²) in [5.74, 6) is 0.778. The summed E-state index contributed by atoms with van der Waals surface area (Å²) in [5.41, 5.74) is 0.879. The second-order valence-corrected chi connectivity index (χ2v) is 8.13. The monoisotopic (exact) mass is 319 g/mol. The van der Waals surface area contributed by atoms with Crippen LogP contribution < -0.4 is 0 Å². The van der Waals surface area contributed by atoms with Gasteiger partial charge in [0.15, 0.2) is 9.84 Å². The summed E-state index contributed by atoms with van der Waals surface area (Å²) in [6, 6.07) is 11.6. The maximum atomic E-state index is 11.7. The van der Waals surface area contributed by atoms with Crippen molar-refractivity contribution in [3.05, 3.63) is 42.0 Å². The van der Waals surface area contributed by atoms with Crippen molar-refractivity contribution in [1.29, 1.82) is 0 Å². The van der Waals surface area contributed by atoms with Crippen molar-refractivity contribution in [3.8, 4) is 5.75 Å². The van der Waals surface area contributed by atoms with Crippen LogP contribution in [0.25, 0.3) is 10.8 Å². The van der Waals surface area contributed by atoms with Crippen LogP contribution in [0.4, 0.5) is 0 Å². The third-order valence-electron chi connectivity index (χ3n) is 4.51. The lowest BCUT2D eigenvalue weighted by Gasteiger charge is -2.27. The Hall–Kier alpha value is -1.59. The highest BCUT2D eigenvalue weighted by molar-refractivity contribution is 7.91. The molecule has 1 aliphatic rings. The molecule has 2 aromatic carbocycles. The molecule has 0 aliphatic carbocycles. The van der Waals surface area contributed by atoms with E-state index in [2.05, 4.69) is 4.90 Å². The summed E-state index contributed by atoms with van der Waals surface area (Å²) in [6.07, 6.45) is 0.682. The number of nitrogens with zero attached hydrogens (tertiary/aromatic N) is 1. The van der Waals surface area contributed by atoms with Gasteiger partial charge >= 0.3 is 0 Å². The van der Waals surface area contributed by atoms with Gasteiger partial charge in [-0.15, -0.1) is 0 Å². The Bertz CT molecular complexity index is 786. The minimum Gasteiger partial charge on any atom is -0.508 e. The summed E-state index contributed by atoms with van der Waals surface area (Å²) >= 11 is 0. The van der Waals surface area contributed by atoms with E-state index >= 15 is 0 Å². The summed E-state index contributed by atoms with van der Waals surface area (Å²) < 4.78 is 23.4. The van der Waals surface area contributed by atoms with Crippen molar-refractivity contribution < 1.29 is 13.5 Å². The van der Waals surface area contributed by atoms with E-state index < -0.39 is 9.84 Å². The SMILES string of the molecule is CCN(Cc1c(O)ccc2ccccc12)[C@H]1CCS(=O)(=O)C1. The highest BCUT2D eigenvalue weighted by atomic mass is 32.2. The van der Waals surface area contributed by atoms with E-state index in [-0.39, 0.29) is 23.3 Å². The Labute approximate surface area is 131 Å². The van der Waals surface area contributed by atoms with Crippen LogP contribution >= 0.6 is 0 Å². The number of aromatic hydroxyl groups is 1. The van der Waals surface area contributed by atoms with Crippen LogP contribution in [0.5, 0.6) is 5.75 Å². The van der Waals surface area contributed by atoms with Gasteiger partial charge in [-0.1, -0.05) is 37.3 Å². The van der Waals surface area contributed by atoms with Gasteiger partial charge in [0, 0.05) is 18.2 Å². The van der Waals surface area contributed by atoms with Crippen molar-refractivity contribution in [3.63, 3.8) is 0 Å². The number of sulfone groups is 1. The van der Waals surface area contributed by atoms with Crippen LogP contribution in [0, 0.1) is 0 Å². The average Bonchev–Trinajstić information content (AvgIpc) is 2.86. The molecule has 0 radical (unpaired) electrons. The number of hydrogen-bond donors (Lipinski definition) is 1. The fraction of sp³-hybridized carbons (Fsp3) is 0.412. The molecule has 1 fully saturated rings. The molecular weight excluding hydrogens is 298 g/mol. The molecule has 1 N–H and O–H groups in total. The molecule has 0 bridgehead atoms. The summed E-state index contributed by atoms with van der Waals surface area (Å²) in [4.78, 5) is 2.16. The zero-order chi connectivity index (χ0) is 15.7. The van der Waals surface area contributed by atoms with Crippen LogP contribution in [0.1, 0.15) is 18.9 Å². The Morgan fingerprint density at radius 3 is 2.68 bits per heavy atom. The lowest BCUT2D eigenvalue weighted by Crippen LogP contribution is -2.35. The van der Waals surface area contributed by atoms with Gasteiger partial charge in [0.25, 0.3) is 0 Å². The van der Waals surface area contributed by atoms with Gasteiger partial charge in [-0.2, -0.15) is 0 Å². The fourth-order valence-electron chi connectivity index (χ4n) is 3.26. The summed E-state index contributed by atoms with van der Waals surface area (Å²) in [7, 11) is -2.90. The molecule has 22 heavy (non-hydrogen) atoms. The van der Waals surface area contributed by atoms with Crippen molar-refractivity contribution in [1.82, 2.24) is 4.90 Å². The van der Waals surface area contributed by atoms with Gasteiger partial charge in [0.1, 0.15) is 5.75 Å². The predicted octanol–water partition coefficient (Wildman–Crippen LogP) is 2.55. The van der Waals surface area contributed by atoms with Crippen molar-refractivity contribution in [2.75, 3.05) is 18.1 Å². The van der Waals surface area contributed by atoms with Crippen molar-refractivity contribution >= 4 is 20.6 Å². The van der Waals surface area contributed by atoms with Crippen LogP contribution in [0.2, 0.25) is 0 Å². The maximum Gasteiger partial charge on any atom is 0.151 e. The summed E-state index contributed by atoms with van der Waals surface area (Å²) in [5, 5.41) is 12.4. The zero-order valence-electron chi connectivity index (χ0n) is 12.7. The predicted molar refractivity (Wildman–Crippen MR) is 88.8 cm³/mol. The molecule has 0 unspecified atom stereocenters. The molecule has 0 saturated carbocycles. The molecule has 4 nitrogen and oxygen atoms in total. The molecule has 1 saturated heterocycles. The molecule has 0 amide bonds. The van der Waals surface area contributed by atoms with Gasteiger partial charge in [-0.05, 0) is 29.8 Å². The van der Waals surface area contributed by atoms with Gasteiger partial charge in [0.05, 0.1) is 11.5 Å². The van der Waals surface area contributed by atoms with Crippen LogP contribution in [-0.2, 0) is 16.4 Å². The van der Waals surface area contributed by atoms with E-state index in [9.17, 15) is 13.5 Å². The Morgan fingerprint density at radius 1 is 1.23 bits per heavy atom. The molecule has 118 valence electrons. The van der Waals surface area contributed by atoms with Gasteiger partial charge in [0.2, 0.25) is 0 Å². The minimum absolute atomic E-state index is 0.0494. The van der Waals surface area contributed by atoms with Crippen LogP contribution in [-0.4, -0.2) is 42.5 Å². The lowest BCUT2D eigenvalue weighted by atomic mass is 10.0. The average molecular weight is 319 g/mol. The number of phenolic OH excluding ortho intramolecular Hbond substituents is 1. The molecule has 2 aromatic rings. The number of benzene rings is 2. The van der Waals surface area contributed by atoms with Gasteiger partial charge in [-0.25, -0.2) is 8.42 Å². The molecule has 5 heteroatoms. The molecule has 1 atom stereocenters. The lowest BCUT2D eigenvalue weighted by molar-refractivity contribution is 0.213. The van der Waals surface area contributed by atoms with Crippen LogP contribution in [0.3, 0.4) is 0 Å². The first kappa shape index (κ1) is 15.3. The molecule has 1 aliphatic heterocycles. The van der Waals surface area contributed by atoms with Gasteiger partial charge in [-0.3, -0.25) is 4.90 Å². The first-order valence-electron chi connectivity index (χ1n) is 7.64. The highest BCUT2D eigenvalue weighted by Crippen LogP contribution is 2.30. The second kappa shape index (κ2) is 5.89. The van der Waals surface area contributed by atoms with Crippen LogP contribution in [0.15, 0.2) is 36.4 Å². The molecular formula is C17H21NO3S. The van der Waals surface area contributed by atoms with E-state index in [0.29, 0.717) is 13.0 Å². The largest absolute Gasteiger partial charge is 0.508 e. The number of rotatable bonds is 4. The van der Waals surface area contributed by atoms with E-state index in [4.69, 9.17) is 0 Å². The molecule has 0 spiro atoms. The quantitative estimate of drug-likeness (QED) is 0.941. The topological polar surface area (TPSA) is 57.6 Å². The van der Waals surface area contributed by atoms with E-state index in [1.165, 1.54) is 0 Å². The zero-order valence-corrected chi connectivity index (χ0v) is 13.5. The Kier molecular flexibility index (Phi) is 4.10. The molecule has 3 rings (SSSR count). The third-order valence-corrected chi connectivity index (χ3v) is 6.26. The Balaban J connectivity index is 1.93. The van der Waals surface area contributed by atoms with E-state index in [1.54, 1.807) is 6.07 Å². The number of fused-ring (bicyclic) bond motifs is 1. The number of hydrogen-bond acceptors (Lipinski definition) is 4. The van der Waals surface area contributed by atoms with E-state index in [1.807, 2.05) is 37.3 Å². The number of phenols is 1. The third kappa shape index (κ3) is 2.96. The second-order valence-electron chi connectivity index (χ2n) is 5.90. The van der Waals surface area contributed by atoms with Gasteiger partial charge < -0.3 is 5.11 Å². The normalized spacial score (nSPS) is 20.7. The van der Waals surface area contributed by atoms with Crippen molar-refractivity contribution in [2.45, 2.75) is 25.9 Å². The van der Waals surface area contributed by atoms with E-state index in [0.717, 1.165) is 22.9 Å². The molecule has 0 aromatic heterocycles. The minimum atomic E-state index is -2.90. The standard InChI is InChI=1S/C17H21NO3S/c1-2-18(14-9-10-22(20,21)12-14)11-16-15-6-4-3-5-13(15)7-8-17(16)19/h3-8,14,19H,2,9-12H2,1H3/t14-/m0/s1. The van der Waals surface area contributed by atoms with Crippen molar-refractivity contribution in [2.24, 2.45) is 0 Å². The molecule has 1 heterocycles. The Morgan fingerprint density at radius 2 is 2.00 bits per heavy atom. The first-order chi connectivity index (χ1) is 10.5. The smallest absolute Gasteiger partial charge is 0.151 e. The fourth-order valence-corrected chi connectivity index (χ4v) is 5.02.